The van der Waals surface area contributed by atoms with Gasteiger partial charge in [-0.1, -0.05) is 18.2 Å². The Morgan fingerprint density at radius 1 is 1.08 bits per heavy atom. The van der Waals surface area contributed by atoms with E-state index >= 15 is 0 Å². The van der Waals surface area contributed by atoms with Gasteiger partial charge in [-0.2, -0.15) is 0 Å². The molecule has 132 valence electrons. The van der Waals surface area contributed by atoms with Gasteiger partial charge in [0, 0.05) is 44.1 Å². The molecule has 26 heavy (non-hydrogen) atoms. The van der Waals surface area contributed by atoms with Gasteiger partial charge in [-0.3, -0.25) is 0 Å². The summed E-state index contributed by atoms with van der Waals surface area (Å²) in [5.74, 6) is 0.761. The van der Waals surface area contributed by atoms with Crippen LogP contribution in [0, 0.1) is 12.7 Å². The van der Waals surface area contributed by atoms with E-state index in [-0.39, 0.29) is 5.82 Å². The second-order valence-corrected chi connectivity index (χ2v) is 6.50. The third-order valence-corrected chi connectivity index (χ3v) is 4.74. The number of rotatable bonds is 5. The molecule has 0 bridgehead atoms. The first-order chi connectivity index (χ1) is 12.6. The smallest absolute Gasteiger partial charge is 0.125 e. The molecule has 4 aromatic rings. The molecule has 0 amide bonds. The molecule has 2 heterocycles. The van der Waals surface area contributed by atoms with Crippen LogP contribution < -0.4 is 5.32 Å². The SMILES string of the molecule is Cc1nccn1-c1ccccc1CNCc1cn(C)c2cc(F)ccc12. The van der Waals surface area contributed by atoms with E-state index in [0.29, 0.717) is 0 Å². The Bertz CT molecular complexity index is 1060. The molecule has 2 aromatic carbocycles. The maximum atomic E-state index is 13.5. The second kappa shape index (κ2) is 6.77. The molecule has 4 rings (SSSR count). The molecule has 0 aliphatic heterocycles. The molecule has 0 unspecified atom stereocenters. The minimum Gasteiger partial charge on any atom is -0.350 e. The molecule has 0 aliphatic carbocycles. The highest BCUT2D eigenvalue weighted by atomic mass is 19.1. The summed E-state index contributed by atoms with van der Waals surface area (Å²) < 4.78 is 17.5. The summed E-state index contributed by atoms with van der Waals surface area (Å²) in [6.07, 6.45) is 5.85. The summed E-state index contributed by atoms with van der Waals surface area (Å²) >= 11 is 0. The average Bonchev–Trinajstić information content (AvgIpc) is 3.19. The lowest BCUT2D eigenvalue weighted by atomic mass is 10.1. The van der Waals surface area contributed by atoms with Crippen LogP contribution in [-0.4, -0.2) is 14.1 Å². The van der Waals surface area contributed by atoms with Crippen molar-refractivity contribution in [3.05, 3.63) is 83.8 Å². The number of aryl methyl sites for hydroxylation is 2. The lowest BCUT2D eigenvalue weighted by Crippen LogP contribution is -2.14. The predicted octanol–water partition coefficient (Wildman–Crippen LogP) is 4.10. The largest absolute Gasteiger partial charge is 0.350 e. The molecule has 0 saturated heterocycles. The molecule has 0 radical (unpaired) electrons. The van der Waals surface area contributed by atoms with Gasteiger partial charge in [0.05, 0.1) is 11.2 Å². The van der Waals surface area contributed by atoms with Gasteiger partial charge >= 0.3 is 0 Å². The second-order valence-electron chi connectivity index (χ2n) is 6.50. The summed E-state index contributed by atoms with van der Waals surface area (Å²) in [5.41, 5.74) is 4.42. The van der Waals surface area contributed by atoms with E-state index < -0.39 is 0 Å². The van der Waals surface area contributed by atoms with E-state index in [1.54, 1.807) is 6.07 Å². The van der Waals surface area contributed by atoms with Crippen molar-refractivity contribution in [3.8, 4) is 5.69 Å². The first kappa shape index (κ1) is 16.5. The summed E-state index contributed by atoms with van der Waals surface area (Å²) in [5, 5.41) is 4.60. The average molecular weight is 348 g/mol. The Hall–Kier alpha value is -2.92. The fraction of sp³-hybridized carbons (Fsp3) is 0.190. The van der Waals surface area contributed by atoms with Crippen LogP contribution in [0.25, 0.3) is 16.6 Å². The summed E-state index contributed by atoms with van der Waals surface area (Å²) in [4.78, 5) is 4.32. The molecule has 0 spiro atoms. The highest BCUT2D eigenvalue weighted by molar-refractivity contribution is 5.83. The van der Waals surface area contributed by atoms with Gasteiger partial charge in [-0.15, -0.1) is 0 Å². The monoisotopic (exact) mass is 348 g/mol. The quantitative estimate of drug-likeness (QED) is 0.589. The van der Waals surface area contributed by atoms with Crippen LogP contribution in [0.4, 0.5) is 4.39 Å². The van der Waals surface area contributed by atoms with Crippen molar-refractivity contribution in [2.75, 3.05) is 0 Å². The highest BCUT2D eigenvalue weighted by Gasteiger charge is 2.09. The standard InChI is InChI=1S/C21H21FN4/c1-15-24-9-10-26(15)20-6-4-3-5-16(20)12-23-13-17-14-25(2)21-11-18(22)7-8-19(17)21/h3-11,14,23H,12-13H2,1-2H3. The summed E-state index contributed by atoms with van der Waals surface area (Å²) in [6.45, 7) is 3.46. The molecule has 1 N–H and O–H groups in total. The number of imidazole rings is 1. The number of hydrogen-bond acceptors (Lipinski definition) is 2. The van der Waals surface area contributed by atoms with Crippen molar-refractivity contribution in [1.82, 2.24) is 19.4 Å². The van der Waals surface area contributed by atoms with E-state index in [1.165, 1.54) is 17.2 Å². The molecule has 0 atom stereocenters. The fourth-order valence-corrected chi connectivity index (χ4v) is 3.44. The van der Waals surface area contributed by atoms with Gasteiger partial charge in [0.2, 0.25) is 0 Å². The van der Waals surface area contributed by atoms with Crippen LogP contribution in [0.2, 0.25) is 0 Å². The molecule has 5 heteroatoms. The number of nitrogens with one attached hydrogen (secondary N) is 1. The van der Waals surface area contributed by atoms with Gasteiger partial charge in [0.25, 0.3) is 0 Å². The van der Waals surface area contributed by atoms with Crippen molar-refractivity contribution >= 4 is 10.9 Å². The lowest BCUT2D eigenvalue weighted by Gasteiger charge is -2.12. The minimum atomic E-state index is -0.206. The van der Waals surface area contributed by atoms with Gasteiger partial charge in [0.15, 0.2) is 0 Å². The molecule has 0 saturated carbocycles. The van der Waals surface area contributed by atoms with E-state index in [4.69, 9.17) is 0 Å². The number of benzene rings is 2. The number of para-hydroxylation sites is 1. The molecule has 2 aromatic heterocycles. The third kappa shape index (κ3) is 3.02. The van der Waals surface area contributed by atoms with E-state index in [2.05, 4.69) is 33.2 Å². The van der Waals surface area contributed by atoms with Crippen LogP contribution in [0.15, 0.2) is 61.1 Å². The molecule has 0 fully saturated rings. The molecular weight excluding hydrogens is 327 g/mol. The van der Waals surface area contributed by atoms with Crippen LogP contribution in [0.3, 0.4) is 0 Å². The molecule has 0 aliphatic rings. The maximum absolute atomic E-state index is 13.5. The van der Waals surface area contributed by atoms with Crippen molar-refractivity contribution in [3.63, 3.8) is 0 Å². The van der Waals surface area contributed by atoms with E-state index in [9.17, 15) is 4.39 Å². The first-order valence-electron chi connectivity index (χ1n) is 8.66. The number of fused-ring (bicyclic) bond motifs is 1. The Morgan fingerprint density at radius 2 is 1.88 bits per heavy atom. The zero-order valence-electron chi connectivity index (χ0n) is 14.9. The minimum absolute atomic E-state index is 0.206. The van der Waals surface area contributed by atoms with Crippen LogP contribution in [0.5, 0.6) is 0 Å². The van der Waals surface area contributed by atoms with Crippen LogP contribution in [0.1, 0.15) is 17.0 Å². The van der Waals surface area contributed by atoms with Crippen molar-refractivity contribution in [1.29, 1.82) is 0 Å². The van der Waals surface area contributed by atoms with E-state index in [0.717, 1.165) is 35.5 Å². The van der Waals surface area contributed by atoms with Crippen LogP contribution >= 0.6 is 0 Å². The van der Waals surface area contributed by atoms with Gasteiger partial charge in [0.1, 0.15) is 11.6 Å². The number of halogens is 1. The normalized spacial score (nSPS) is 11.3. The van der Waals surface area contributed by atoms with Crippen molar-refractivity contribution in [2.24, 2.45) is 7.05 Å². The predicted molar refractivity (Wildman–Crippen MR) is 102 cm³/mol. The lowest BCUT2D eigenvalue weighted by molar-refractivity contribution is 0.629. The zero-order chi connectivity index (χ0) is 18.1. The van der Waals surface area contributed by atoms with Gasteiger partial charge in [-0.25, -0.2) is 9.37 Å². The fourth-order valence-electron chi connectivity index (χ4n) is 3.44. The summed E-state index contributed by atoms with van der Waals surface area (Å²) in [7, 11) is 1.95. The Kier molecular flexibility index (Phi) is 4.31. The molecular formula is C21H21FN4. The number of hydrogen-bond donors (Lipinski definition) is 1. The van der Waals surface area contributed by atoms with Gasteiger partial charge in [-0.05, 0) is 42.3 Å². The Labute approximate surface area is 151 Å². The molecule has 4 nitrogen and oxygen atoms in total. The topological polar surface area (TPSA) is 34.8 Å². The number of nitrogens with zero attached hydrogens (tertiary/aromatic N) is 3. The van der Waals surface area contributed by atoms with Gasteiger partial charge < -0.3 is 14.5 Å². The number of aromatic nitrogens is 3. The Morgan fingerprint density at radius 3 is 2.69 bits per heavy atom. The first-order valence-corrected chi connectivity index (χ1v) is 8.66. The van der Waals surface area contributed by atoms with Crippen molar-refractivity contribution < 1.29 is 4.39 Å². The highest BCUT2D eigenvalue weighted by Crippen LogP contribution is 2.22. The van der Waals surface area contributed by atoms with E-state index in [1.807, 2.05) is 49.1 Å². The third-order valence-electron chi connectivity index (χ3n) is 4.74. The van der Waals surface area contributed by atoms with Crippen molar-refractivity contribution in [2.45, 2.75) is 20.0 Å². The van der Waals surface area contributed by atoms with Crippen LogP contribution in [-0.2, 0) is 20.1 Å². The zero-order valence-corrected chi connectivity index (χ0v) is 14.9. The maximum Gasteiger partial charge on any atom is 0.125 e. The Balaban J connectivity index is 1.54. The summed E-state index contributed by atoms with van der Waals surface area (Å²) in [6, 6.07) is 13.3.